The van der Waals surface area contributed by atoms with Gasteiger partial charge in [0, 0.05) is 13.2 Å². The van der Waals surface area contributed by atoms with E-state index in [1.54, 1.807) is 6.07 Å². The molecule has 25 heavy (non-hydrogen) atoms. The van der Waals surface area contributed by atoms with E-state index >= 15 is 0 Å². The lowest BCUT2D eigenvalue weighted by Gasteiger charge is -2.11. The Balaban J connectivity index is 1.51. The predicted molar refractivity (Wildman–Crippen MR) is 96.1 cm³/mol. The maximum atomic E-state index is 8.96. The molecule has 5 nitrogen and oxygen atoms in total. The van der Waals surface area contributed by atoms with Gasteiger partial charge in [0.25, 0.3) is 0 Å². The number of rotatable bonds is 7. The molecule has 0 spiro atoms. The Morgan fingerprint density at radius 1 is 1.32 bits per heavy atom. The molecule has 0 radical (unpaired) electrons. The van der Waals surface area contributed by atoms with Crippen LogP contribution in [0, 0.1) is 18.3 Å². The molecule has 1 fully saturated rings. The van der Waals surface area contributed by atoms with Gasteiger partial charge >= 0.3 is 0 Å². The van der Waals surface area contributed by atoms with Crippen LogP contribution in [-0.2, 0) is 22.6 Å². The van der Waals surface area contributed by atoms with E-state index in [2.05, 4.69) is 34.6 Å². The molecule has 1 aliphatic heterocycles. The minimum atomic E-state index is 0.260. The van der Waals surface area contributed by atoms with Crippen molar-refractivity contribution in [2.45, 2.75) is 39.0 Å². The van der Waals surface area contributed by atoms with Gasteiger partial charge in [-0.25, -0.2) is 4.98 Å². The fourth-order valence-corrected chi connectivity index (χ4v) is 2.88. The summed E-state index contributed by atoms with van der Waals surface area (Å²) in [5.74, 6) is 0.775. The smallest absolute Gasteiger partial charge is 0.126 e. The highest BCUT2D eigenvalue weighted by atomic mass is 16.5. The van der Waals surface area contributed by atoms with Gasteiger partial charge in [0.1, 0.15) is 11.9 Å². The third kappa shape index (κ3) is 5.02. The van der Waals surface area contributed by atoms with Crippen LogP contribution in [0.5, 0.6) is 0 Å². The van der Waals surface area contributed by atoms with Gasteiger partial charge in [-0.2, -0.15) is 5.26 Å². The summed E-state index contributed by atoms with van der Waals surface area (Å²) in [6, 6.07) is 14.1. The van der Waals surface area contributed by atoms with Crippen molar-refractivity contribution in [1.29, 1.82) is 5.26 Å². The zero-order valence-electron chi connectivity index (χ0n) is 14.5. The van der Waals surface area contributed by atoms with Crippen LogP contribution in [-0.4, -0.2) is 24.3 Å². The molecule has 1 aromatic carbocycles. The Morgan fingerprint density at radius 3 is 2.96 bits per heavy atom. The molecule has 1 atom stereocenters. The number of anilines is 1. The average molecular weight is 337 g/mol. The number of ether oxygens (including phenoxy) is 2. The van der Waals surface area contributed by atoms with Crippen molar-refractivity contribution in [3.8, 4) is 6.07 Å². The van der Waals surface area contributed by atoms with Gasteiger partial charge < -0.3 is 14.8 Å². The molecule has 1 N–H and O–H groups in total. The van der Waals surface area contributed by atoms with E-state index in [1.807, 2.05) is 19.1 Å². The lowest BCUT2D eigenvalue weighted by atomic mass is 10.1. The molecule has 3 rings (SSSR count). The molecule has 2 aromatic rings. The Bertz CT molecular complexity index is 749. The van der Waals surface area contributed by atoms with Gasteiger partial charge in [-0.1, -0.05) is 24.3 Å². The van der Waals surface area contributed by atoms with Crippen LogP contribution in [0.25, 0.3) is 0 Å². The first kappa shape index (κ1) is 17.4. The Hall–Kier alpha value is -2.42. The Kier molecular flexibility index (Phi) is 5.99. The highest BCUT2D eigenvalue weighted by Gasteiger charge is 2.15. The molecular formula is C20H23N3O2. The fraction of sp³-hybridized carbons (Fsp3) is 0.400. The summed E-state index contributed by atoms with van der Waals surface area (Å²) in [5.41, 5.74) is 3.67. The van der Waals surface area contributed by atoms with Gasteiger partial charge in [0.05, 0.1) is 30.6 Å². The number of hydrogen-bond acceptors (Lipinski definition) is 5. The van der Waals surface area contributed by atoms with E-state index in [0.29, 0.717) is 25.3 Å². The highest BCUT2D eigenvalue weighted by Crippen LogP contribution is 2.15. The number of aromatic nitrogens is 1. The maximum absolute atomic E-state index is 8.96. The van der Waals surface area contributed by atoms with Crippen LogP contribution < -0.4 is 5.32 Å². The number of benzene rings is 1. The third-order valence-corrected chi connectivity index (χ3v) is 4.27. The lowest BCUT2D eigenvalue weighted by Crippen LogP contribution is -2.13. The highest BCUT2D eigenvalue weighted by molar-refractivity contribution is 5.43. The third-order valence-electron chi connectivity index (χ3n) is 4.27. The molecule has 0 aliphatic carbocycles. The second kappa shape index (κ2) is 8.61. The van der Waals surface area contributed by atoms with E-state index < -0.39 is 0 Å². The summed E-state index contributed by atoms with van der Waals surface area (Å²) < 4.78 is 11.3. The number of nitrogens with zero attached hydrogens (tertiary/aromatic N) is 2. The van der Waals surface area contributed by atoms with Crippen molar-refractivity contribution >= 4 is 5.82 Å². The van der Waals surface area contributed by atoms with Crippen molar-refractivity contribution in [1.82, 2.24) is 4.98 Å². The molecule has 130 valence electrons. The number of nitriles is 1. The minimum absolute atomic E-state index is 0.260. The second-order valence-corrected chi connectivity index (χ2v) is 6.26. The van der Waals surface area contributed by atoms with E-state index in [4.69, 9.17) is 14.7 Å². The summed E-state index contributed by atoms with van der Waals surface area (Å²) in [7, 11) is 0. The first-order valence-corrected chi connectivity index (χ1v) is 8.63. The van der Waals surface area contributed by atoms with Crippen molar-refractivity contribution in [2.75, 3.05) is 18.5 Å². The van der Waals surface area contributed by atoms with Gasteiger partial charge in [-0.3, -0.25) is 0 Å². The first-order chi connectivity index (χ1) is 12.2. The minimum Gasteiger partial charge on any atom is -0.376 e. The summed E-state index contributed by atoms with van der Waals surface area (Å²) >= 11 is 0. The van der Waals surface area contributed by atoms with Gasteiger partial charge in [0.2, 0.25) is 0 Å². The fourth-order valence-electron chi connectivity index (χ4n) is 2.88. The SMILES string of the molecule is Cc1nc(NCc2cccc(COCC3CCCO3)c2)ccc1C#N. The number of aryl methyl sites for hydroxylation is 1. The summed E-state index contributed by atoms with van der Waals surface area (Å²) in [6.07, 6.45) is 2.49. The van der Waals surface area contributed by atoms with E-state index in [0.717, 1.165) is 36.5 Å². The average Bonchev–Trinajstić information content (AvgIpc) is 3.14. The molecule has 1 aliphatic rings. The van der Waals surface area contributed by atoms with Crippen LogP contribution in [0.1, 0.15) is 35.2 Å². The van der Waals surface area contributed by atoms with Crippen LogP contribution >= 0.6 is 0 Å². The molecular weight excluding hydrogens is 314 g/mol. The molecule has 1 unspecified atom stereocenters. The zero-order chi connectivity index (χ0) is 17.5. The van der Waals surface area contributed by atoms with Crippen molar-refractivity contribution in [3.63, 3.8) is 0 Å². The Labute approximate surface area is 148 Å². The number of hydrogen-bond donors (Lipinski definition) is 1. The topological polar surface area (TPSA) is 67.2 Å². The normalized spacial score (nSPS) is 16.6. The zero-order valence-corrected chi connectivity index (χ0v) is 14.5. The number of nitrogens with one attached hydrogen (secondary N) is 1. The summed E-state index contributed by atoms with van der Waals surface area (Å²) in [5, 5.41) is 12.3. The molecule has 2 heterocycles. The van der Waals surface area contributed by atoms with Crippen molar-refractivity contribution in [3.05, 3.63) is 58.8 Å². The summed E-state index contributed by atoms with van der Waals surface area (Å²) in [4.78, 5) is 4.40. The number of pyridine rings is 1. The first-order valence-electron chi connectivity index (χ1n) is 8.63. The molecule has 0 amide bonds. The monoisotopic (exact) mass is 337 g/mol. The van der Waals surface area contributed by atoms with Crippen LogP contribution in [0.2, 0.25) is 0 Å². The molecule has 1 saturated heterocycles. The van der Waals surface area contributed by atoms with E-state index in [1.165, 1.54) is 5.56 Å². The van der Waals surface area contributed by atoms with E-state index in [-0.39, 0.29) is 6.10 Å². The summed E-state index contributed by atoms with van der Waals surface area (Å²) in [6.45, 7) is 4.64. The quantitative estimate of drug-likeness (QED) is 0.836. The van der Waals surface area contributed by atoms with Crippen molar-refractivity contribution in [2.24, 2.45) is 0 Å². The predicted octanol–water partition coefficient (Wildman–Crippen LogP) is 3.57. The maximum Gasteiger partial charge on any atom is 0.126 e. The van der Waals surface area contributed by atoms with Gasteiger partial charge in [0.15, 0.2) is 0 Å². The van der Waals surface area contributed by atoms with Gasteiger partial charge in [-0.15, -0.1) is 0 Å². The molecule has 0 bridgehead atoms. The van der Waals surface area contributed by atoms with Crippen LogP contribution in [0.3, 0.4) is 0 Å². The van der Waals surface area contributed by atoms with Crippen molar-refractivity contribution < 1.29 is 9.47 Å². The Morgan fingerprint density at radius 2 is 2.20 bits per heavy atom. The lowest BCUT2D eigenvalue weighted by molar-refractivity contribution is 0.0106. The van der Waals surface area contributed by atoms with Crippen LogP contribution in [0.15, 0.2) is 36.4 Å². The molecule has 1 aromatic heterocycles. The largest absolute Gasteiger partial charge is 0.376 e. The second-order valence-electron chi connectivity index (χ2n) is 6.26. The van der Waals surface area contributed by atoms with Gasteiger partial charge in [-0.05, 0) is 43.0 Å². The van der Waals surface area contributed by atoms with E-state index in [9.17, 15) is 0 Å². The van der Waals surface area contributed by atoms with Crippen LogP contribution in [0.4, 0.5) is 5.82 Å². The molecule has 5 heteroatoms. The molecule has 0 saturated carbocycles. The standard InChI is InChI=1S/C20H23N3O2/c1-15-18(11-21)7-8-20(23-15)22-12-16-4-2-5-17(10-16)13-24-14-19-6-3-9-25-19/h2,4-5,7-8,10,19H,3,6,9,12-14H2,1H3,(H,22,23).